The lowest BCUT2D eigenvalue weighted by molar-refractivity contribution is -0.0798. The quantitative estimate of drug-likeness (QED) is 0.780. The van der Waals surface area contributed by atoms with E-state index >= 15 is 0 Å². The van der Waals surface area contributed by atoms with Crippen molar-refractivity contribution in [1.29, 1.82) is 0 Å². The topological polar surface area (TPSA) is 61.3 Å². The van der Waals surface area contributed by atoms with Crippen LogP contribution < -0.4 is 4.74 Å². The maximum Gasteiger partial charge on any atom is 0.150 e. The third-order valence-electron chi connectivity index (χ3n) is 2.86. The fourth-order valence-electron chi connectivity index (χ4n) is 1.80. The molecule has 0 bridgehead atoms. The minimum Gasteiger partial charge on any atom is -0.484 e. The smallest absolute Gasteiger partial charge is 0.150 e. The fourth-order valence-corrected chi connectivity index (χ4v) is 1.80. The van der Waals surface area contributed by atoms with Crippen LogP contribution in [0, 0.1) is 0 Å². The van der Waals surface area contributed by atoms with Crippen molar-refractivity contribution in [3.63, 3.8) is 0 Å². The van der Waals surface area contributed by atoms with Gasteiger partial charge in [-0.1, -0.05) is 18.2 Å². The molecule has 1 aromatic carbocycles. The molecule has 0 atom stereocenters. The molecule has 0 unspecified atom stereocenters. The van der Waals surface area contributed by atoms with Crippen molar-refractivity contribution >= 4 is 6.29 Å². The Morgan fingerprint density at radius 2 is 2.21 bits per heavy atom. The molecule has 5 heteroatoms. The highest BCUT2D eigenvalue weighted by molar-refractivity contribution is 5.78. The van der Waals surface area contributed by atoms with Crippen molar-refractivity contribution in [2.75, 3.05) is 13.2 Å². The van der Waals surface area contributed by atoms with E-state index in [1.165, 1.54) is 0 Å². The molecule has 1 fully saturated rings. The molecule has 2 heterocycles. The molecule has 19 heavy (non-hydrogen) atoms. The lowest BCUT2D eigenvalue weighted by Crippen LogP contribution is -2.38. The molecule has 0 N–H and O–H groups in total. The number of carbonyl (C=O) groups is 1. The number of ether oxygens (including phenoxy) is 2. The molecule has 0 radical (unpaired) electrons. The Morgan fingerprint density at radius 1 is 1.32 bits per heavy atom. The molecule has 1 aliphatic heterocycles. The zero-order valence-electron chi connectivity index (χ0n) is 10.2. The first kappa shape index (κ1) is 11.8. The maximum absolute atomic E-state index is 10.8. The van der Waals surface area contributed by atoms with Crippen molar-refractivity contribution in [1.82, 2.24) is 10.2 Å². The summed E-state index contributed by atoms with van der Waals surface area (Å²) >= 11 is 0. The Labute approximate surface area is 110 Å². The van der Waals surface area contributed by atoms with Gasteiger partial charge in [0.15, 0.2) is 0 Å². The van der Waals surface area contributed by atoms with E-state index in [2.05, 4.69) is 10.2 Å². The lowest BCUT2D eigenvalue weighted by atomic mass is 10.1. The van der Waals surface area contributed by atoms with E-state index in [9.17, 15) is 4.79 Å². The molecule has 96 valence electrons. The van der Waals surface area contributed by atoms with Crippen LogP contribution in [0.1, 0.15) is 10.4 Å². The van der Waals surface area contributed by atoms with Gasteiger partial charge in [-0.15, -0.1) is 0 Å². The Bertz CT molecular complexity index is 597. The van der Waals surface area contributed by atoms with Crippen molar-refractivity contribution in [3.05, 3.63) is 42.1 Å². The number of hydrogen-bond donors (Lipinski definition) is 0. The molecule has 1 aromatic heterocycles. The molecular formula is C14H12N2O3. The number of benzene rings is 1. The Morgan fingerprint density at radius 3 is 2.95 bits per heavy atom. The van der Waals surface area contributed by atoms with Crippen LogP contribution in [0.4, 0.5) is 0 Å². The third kappa shape index (κ3) is 2.61. The Balaban J connectivity index is 1.86. The predicted molar refractivity (Wildman–Crippen MR) is 68.1 cm³/mol. The van der Waals surface area contributed by atoms with Crippen molar-refractivity contribution in [2.24, 2.45) is 0 Å². The van der Waals surface area contributed by atoms with E-state index in [1.54, 1.807) is 18.3 Å². The first-order valence-electron chi connectivity index (χ1n) is 5.98. The minimum absolute atomic E-state index is 0.0957. The zero-order chi connectivity index (χ0) is 13.1. The van der Waals surface area contributed by atoms with E-state index in [1.807, 2.05) is 18.2 Å². The van der Waals surface area contributed by atoms with Gasteiger partial charge >= 0.3 is 0 Å². The van der Waals surface area contributed by atoms with E-state index in [0.717, 1.165) is 11.8 Å². The summed E-state index contributed by atoms with van der Waals surface area (Å²) in [7, 11) is 0. The summed E-state index contributed by atoms with van der Waals surface area (Å²) in [4.78, 5) is 10.8. The second-order valence-electron chi connectivity index (χ2n) is 4.30. The molecule has 0 amide bonds. The lowest BCUT2D eigenvalue weighted by Gasteiger charge is -2.26. The maximum atomic E-state index is 10.8. The molecule has 0 spiro atoms. The predicted octanol–water partition coefficient (Wildman–Crippen LogP) is 1.73. The highest BCUT2D eigenvalue weighted by Gasteiger charge is 2.20. The van der Waals surface area contributed by atoms with Crippen LogP contribution >= 0.6 is 0 Å². The van der Waals surface area contributed by atoms with Gasteiger partial charge in [0.2, 0.25) is 0 Å². The Kier molecular flexibility index (Phi) is 3.20. The van der Waals surface area contributed by atoms with Crippen LogP contribution in [-0.4, -0.2) is 35.8 Å². The van der Waals surface area contributed by atoms with Crippen LogP contribution in [0.15, 0.2) is 36.5 Å². The summed E-state index contributed by atoms with van der Waals surface area (Å²) in [6, 6.07) is 9.03. The summed E-state index contributed by atoms with van der Waals surface area (Å²) in [5.74, 6) is 0.662. The number of aromatic nitrogens is 2. The van der Waals surface area contributed by atoms with Gasteiger partial charge in [-0.3, -0.25) is 4.79 Å². The summed E-state index contributed by atoms with van der Waals surface area (Å²) in [6.45, 7) is 1.22. The number of hydrogen-bond acceptors (Lipinski definition) is 5. The van der Waals surface area contributed by atoms with Gasteiger partial charge in [0.25, 0.3) is 0 Å². The van der Waals surface area contributed by atoms with Gasteiger partial charge in [0.1, 0.15) is 18.1 Å². The molecular weight excluding hydrogens is 244 g/mol. The highest BCUT2D eigenvalue weighted by atomic mass is 16.6. The molecule has 1 aliphatic rings. The summed E-state index contributed by atoms with van der Waals surface area (Å²) in [5, 5.41) is 7.98. The third-order valence-corrected chi connectivity index (χ3v) is 2.86. The van der Waals surface area contributed by atoms with Crippen molar-refractivity contribution in [2.45, 2.75) is 6.10 Å². The van der Waals surface area contributed by atoms with E-state index in [-0.39, 0.29) is 6.10 Å². The zero-order valence-corrected chi connectivity index (χ0v) is 10.2. The first-order valence-corrected chi connectivity index (χ1v) is 5.98. The van der Waals surface area contributed by atoms with Crippen LogP contribution in [-0.2, 0) is 4.74 Å². The number of aldehydes is 1. The van der Waals surface area contributed by atoms with Gasteiger partial charge in [0.05, 0.1) is 25.1 Å². The van der Waals surface area contributed by atoms with Crippen molar-refractivity contribution in [3.8, 4) is 17.0 Å². The second-order valence-corrected chi connectivity index (χ2v) is 4.30. The van der Waals surface area contributed by atoms with E-state index < -0.39 is 0 Å². The van der Waals surface area contributed by atoms with E-state index in [4.69, 9.17) is 9.47 Å². The van der Waals surface area contributed by atoms with Gasteiger partial charge in [0, 0.05) is 17.2 Å². The SMILES string of the molecule is O=Cc1cccc(-c2cc(OC3COC3)cnn2)c1. The average molecular weight is 256 g/mol. The van der Waals surface area contributed by atoms with Crippen LogP contribution in [0.25, 0.3) is 11.3 Å². The van der Waals surface area contributed by atoms with Gasteiger partial charge in [-0.2, -0.15) is 10.2 Å². The van der Waals surface area contributed by atoms with E-state index in [0.29, 0.717) is 30.2 Å². The fraction of sp³-hybridized carbons (Fsp3) is 0.214. The van der Waals surface area contributed by atoms with Gasteiger partial charge < -0.3 is 9.47 Å². The molecule has 1 saturated heterocycles. The largest absolute Gasteiger partial charge is 0.484 e. The standard InChI is InChI=1S/C14H12N2O3/c17-7-10-2-1-3-11(4-10)14-5-12(6-15-16-14)19-13-8-18-9-13/h1-7,13H,8-9H2. The van der Waals surface area contributed by atoms with Crippen LogP contribution in [0.5, 0.6) is 5.75 Å². The summed E-state index contributed by atoms with van der Waals surface area (Å²) < 4.78 is 10.7. The molecule has 0 aliphatic carbocycles. The minimum atomic E-state index is 0.0957. The van der Waals surface area contributed by atoms with Crippen LogP contribution in [0.3, 0.4) is 0 Å². The van der Waals surface area contributed by atoms with Crippen LogP contribution in [0.2, 0.25) is 0 Å². The van der Waals surface area contributed by atoms with Gasteiger partial charge in [-0.25, -0.2) is 0 Å². The summed E-state index contributed by atoms with van der Waals surface area (Å²) in [6.07, 6.45) is 2.48. The normalized spacial score (nSPS) is 14.7. The molecule has 2 aromatic rings. The monoisotopic (exact) mass is 256 g/mol. The summed E-state index contributed by atoms with van der Waals surface area (Å²) in [5.41, 5.74) is 2.13. The van der Waals surface area contributed by atoms with Crippen molar-refractivity contribution < 1.29 is 14.3 Å². The second kappa shape index (κ2) is 5.16. The molecule has 3 rings (SSSR count). The van der Waals surface area contributed by atoms with Gasteiger partial charge in [-0.05, 0) is 6.07 Å². The highest BCUT2D eigenvalue weighted by Crippen LogP contribution is 2.22. The average Bonchev–Trinajstić information content (AvgIpc) is 2.43. The number of carbonyl (C=O) groups excluding carboxylic acids is 1. The number of nitrogens with zero attached hydrogens (tertiary/aromatic N) is 2. The molecule has 0 saturated carbocycles. The molecule has 5 nitrogen and oxygen atoms in total. The Hall–Kier alpha value is -2.27. The number of rotatable bonds is 4. The first-order chi connectivity index (χ1) is 9.35.